The number of nitrogens with zero attached hydrogens (tertiary/aromatic N) is 3. The first kappa shape index (κ1) is 26.9. The molecule has 1 aromatic rings. The van der Waals surface area contributed by atoms with Gasteiger partial charge >= 0.3 is 0 Å². The Morgan fingerprint density at radius 2 is 1.97 bits per heavy atom. The molecule has 1 aliphatic rings. The zero-order chi connectivity index (χ0) is 21.1. The van der Waals surface area contributed by atoms with Crippen LogP contribution >= 0.6 is 24.0 Å². The number of benzene rings is 1. The predicted molar refractivity (Wildman–Crippen MR) is 135 cm³/mol. The smallest absolute Gasteiger partial charge is 0.191 e. The Kier molecular flexibility index (Phi) is 13.3. The van der Waals surface area contributed by atoms with Crippen LogP contribution in [-0.4, -0.2) is 88.4 Å². The van der Waals surface area contributed by atoms with Crippen molar-refractivity contribution in [2.24, 2.45) is 4.99 Å². The van der Waals surface area contributed by atoms with Gasteiger partial charge in [0.2, 0.25) is 0 Å². The molecular formula is C22H40IN5O2. The van der Waals surface area contributed by atoms with Gasteiger partial charge in [-0.25, -0.2) is 4.99 Å². The molecule has 1 fully saturated rings. The highest BCUT2D eigenvalue weighted by Gasteiger charge is 2.22. The van der Waals surface area contributed by atoms with Crippen LogP contribution < -0.4 is 15.4 Å². The largest absolute Gasteiger partial charge is 0.491 e. The van der Waals surface area contributed by atoms with Gasteiger partial charge in [-0.15, -0.1) is 24.0 Å². The van der Waals surface area contributed by atoms with Gasteiger partial charge in [0, 0.05) is 50.9 Å². The number of hydrogen-bond donors (Lipinski definition) is 2. The topological polar surface area (TPSA) is 61.4 Å². The van der Waals surface area contributed by atoms with E-state index in [9.17, 15) is 0 Å². The molecule has 0 aromatic heterocycles. The van der Waals surface area contributed by atoms with Gasteiger partial charge in [0.05, 0.1) is 13.2 Å². The molecular weight excluding hydrogens is 493 g/mol. The Balaban J connectivity index is 0.00000450. The third-order valence-corrected chi connectivity index (χ3v) is 5.15. The standard InChI is InChI=1S/C22H39N5O2.HI/c1-6-23-22(25-16-20-17-26(4)10-11-27(20)5)24-15-19-9-8-18(3)14-21(19)29-13-12-28-7-2;/h8-9,14,20H,6-7,10-13,15-17H2,1-5H3,(H2,23,24,25);1H. The fraction of sp³-hybridized carbons (Fsp3) is 0.682. The van der Waals surface area contributed by atoms with Crippen molar-refractivity contribution in [3.63, 3.8) is 0 Å². The lowest BCUT2D eigenvalue weighted by molar-refractivity contribution is 0.110. The summed E-state index contributed by atoms with van der Waals surface area (Å²) in [7, 11) is 4.38. The lowest BCUT2D eigenvalue weighted by atomic mass is 10.1. The van der Waals surface area contributed by atoms with E-state index >= 15 is 0 Å². The van der Waals surface area contributed by atoms with Crippen LogP contribution in [0.3, 0.4) is 0 Å². The molecule has 2 N–H and O–H groups in total. The first-order chi connectivity index (χ1) is 14.0. The lowest BCUT2D eigenvalue weighted by Crippen LogP contribution is -2.55. The lowest BCUT2D eigenvalue weighted by Gasteiger charge is -2.37. The Labute approximate surface area is 199 Å². The third-order valence-electron chi connectivity index (χ3n) is 5.15. The Hall–Kier alpha value is -1.10. The van der Waals surface area contributed by atoms with Crippen molar-refractivity contribution in [1.29, 1.82) is 0 Å². The van der Waals surface area contributed by atoms with E-state index in [1.54, 1.807) is 0 Å². The monoisotopic (exact) mass is 533 g/mol. The molecule has 8 heteroatoms. The number of guanidine groups is 1. The van der Waals surface area contributed by atoms with Crippen LogP contribution in [0.4, 0.5) is 0 Å². The molecule has 30 heavy (non-hydrogen) atoms. The summed E-state index contributed by atoms with van der Waals surface area (Å²) in [6.07, 6.45) is 0. The first-order valence-electron chi connectivity index (χ1n) is 10.7. The number of piperazine rings is 1. The fourth-order valence-electron chi connectivity index (χ4n) is 3.32. The molecule has 0 bridgehead atoms. The van der Waals surface area contributed by atoms with Crippen LogP contribution in [0.1, 0.15) is 25.0 Å². The summed E-state index contributed by atoms with van der Waals surface area (Å²) >= 11 is 0. The van der Waals surface area contributed by atoms with Gasteiger partial charge in [0.1, 0.15) is 12.4 Å². The maximum absolute atomic E-state index is 5.95. The third kappa shape index (κ3) is 9.36. The second-order valence-corrected chi connectivity index (χ2v) is 7.63. The SMILES string of the molecule is CCNC(=NCc1ccc(C)cc1OCCOCC)NCC1CN(C)CCN1C.I. The molecule has 1 unspecified atom stereocenters. The highest BCUT2D eigenvalue weighted by molar-refractivity contribution is 14.0. The van der Waals surface area contributed by atoms with Gasteiger partial charge in [0.15, 0.2) is 5.96 Å². The van der Waals surface area contributed by atoms with Crippen molar-refractivity contribution < 1.29 is 9.47 Å². The average Bonchev–Trinajstić information content (AvgIpc) is 2.70. The van der Waals surface area contributed by atoms with Crippen LogP contribution in [0.2, 0.25) is 0 Å². The van der Waals surface area contributed by atoms with Gasteiger partial charge < -0.3 is 25.0 Å². The molecule has 0 amide bonds. The minimum Gasteiger partial charge on any atom is -0.491 e. The fourth-order valence-corrected chi connectivity index (χ4v) is 3.32. The molecule has 2 rings (SSSR count). The summed E-state index contributed by atoms with van der Waals surface area (Å²) in [6, 6.07) is 6.76. The van der Waals surface area contributed by atoms with Crippen molar-refractivity contribution in [1.82, 2.24) is 20.4 Å². The second-order valence-electron chi connectivity index (χ2n) is 7.63. The van der Waals surface area contributed by atoms with Crippen LogP contribution in [-0.2, 0) is 11.3 Å². The second kappa shape index (κ2) is 14.8. The van der Waals surface area contributed by atoms with Crippen molar-refractivity contribution in [3.8, 4) is 5.75 Å². The average molecular weight is 533 g/mol. The Morgan fingerprint density at radius 1 is 1.17 bits per heavy atom. The molecule has 1 saturated heterocycles. The summed E-state index contributed by atoms with van der Waals surface area (Å²) in [6.45, 7) is 13.6. The quantitative estimate of drug-likeness (QED) is 0.209. The van der Waals surface area contributed by atoms with Crippen molar-refractivity contribution in [2.75, 3.05) is 66.6 Å². The first-order valence-corrected chi connectivity index (χ1v) is 10.7. The molecule has 0 radical (unpaired) electrons. The predicted octanol–water partition coefficient (Wildman–Crippen LogP) is 2.33. The van der Waals surface area contributed by atoms with E-state index in [0.717, 1.165) is 50.0 Å². The molecule has 7 nitrogen and oxygen atoms in total. The molecule has 0 aliphatic carbocycles. The summed E-state index contributed by atoms with van der Waals surface area (Å²) in [5, 5.41) is 6.87. The van der Waals surface area contributed by atoms with Crippen LogP contribution in [0.25, 0.3) is 0 Å². The molecule has 0 saturated carbocycles. The highest BCUT2D eigenvalue weighted by atomic mass is 127. The van der Waals surface area contributed by atoms with E-state index < -0.39 is 0 Å². The summed E-state index contributed by atoms with van der Waals surface area (Å²) in [5.41, 5.74) is 2.26. The van der Waals surface area contributed by atoms with E-state index in [0.29, 0.717) is 32.4 Å². The Morgan fingerprint density at radius 3 is 2.70 bits per heavy atom. The van der Waals surface area contributed by atoms with Gasteiger partial charge in [-0.2, -0.15) is 0 Å². The van der Waals surface area contributed by atoms with Gasteiger partial charge in [-0.3, -0.25) is 4.90 Å². The van der Waals surface area contributed by atoms with Crippen LogP contribution in [0.5, 0.6) is 5.75 Å². The number of ether oxygens (including phenoxy) is 2. The van der Waals surface area contributed by atoms with Crippen LogP contribution in [0.15, 0.2) is 23.2 Å². The van der Waals surface area contributed by atoms with Crippen molar-refractivity contribution >= 4 is 29.9 Å². The number of hydrogen-bond acceptors (Lipinski definition) is 5. The maximum atomic E-state index is 5.95. The van der Waals surface area contributed by atoms with E-state index in [1.165, 1.54) is 5.56 Å². The Bertz CT molecular complexity index is 644. The number of aliphatic imine (C=N–C) groups is 1. The summed E-state index contributed by atoms with van der Waals surface area (Å²) < 4.78 is 11.3. The number of aryl methyl sites for hydroxylation is 1. The van der Waals surface area contributed by atoms with Gasteiger partial charge in [0.25, 0.3) is 0 Å². The highest BCUT2D eigenvalue weighted by Crippen LogP contribution is 2.21. The van der Waals surface area contributed by atoms with Crippen LogP contribution in [0, 0.1) is 6.92 Å². The van der Waals surface area contributed by atoms with E-state index in [4.69, 9.17) is 14.5 Å². The van der Waals surface area contributed by atoms with E-state index in [1.807, 2.05) is 6.92 Å². The number of rotatable bonds is 10. The molecule has 172 valence electrons. The van der Waals surface area contributed by atoms with Gasteiger partial charge in [-0.1, -0.05) is 12.1 Å². The molecule has 1 aromatic carbocycles. The molecule has 1 heterocycles. The molecule has 1 atom stereocenters. The summed E-state index contributed by atoms with van der Waals surface area (Å²) in [4.78, 5) is 9.60. The van der Waals surface area contributed by atoms with Crippen molar-refractivity contribution in [3.05, 3.63) is 29.3 Å². The number of likely N-dealkylation sites (N-methyl/N-ethyl adjacent to an activating group) is 2. The zero-order valence-corrected chi connectivity index (χ0v) is 21.6. The summed E-state index contributed by atoms with van der Waals surface area (Å²) in [5.74, 6) is 1.73. The number of nitrogens with one attached hydrogen (secondary N) is 2. The normalized spacial score (nSPS) is 18.0. The minimum absolute atomic E-state index is 0. The van der Waals surface area contributed by atoms with E-state index in [-0.39, 0.29) is 24.0 Å². The van der Waals surface area contributed by atoms with Crippen molar-refractivity contribution in [2.45, 2.75) is 33.4 Å². The maximum Gasteiger partial charge on any atom is 0.191 e. The van der Waals surface area contributed by atoms with E-state index in [2.05, 4.69) is 66.6 Å². The molecule has 0 spiro atoms. The van der Waals surface area contributed by atoms with Gasteiger partial charge in [-0.05, 0) is 46.5 Å². The minimum atomic E-state index is 0. The number of halogens is 1. The molecule has 1 aliphatic heterocycles. The zero-order valence-electron chi connectivity index (χ0n) is 19.2.